The fourth-order valence-electron chi connectivity index (χ4n) is 4.41. The normalized spacial score (nSPS) is 19.6. The summed E-state index contributed by atoms with van der Waals surface area (Å²) in [6.45, 7) is 3.52. The number of nitrogens with one attached hydrogen (secondary N) is 1. The first kappa shape index (κ1) is 22.8. The number of ether oxygens (including phenoxy) is 2. The van der Waals surface area contributed by atoms with Crippen molar-refractivity contribution in [1.82, 2.24) is 4.90 Å². The largest absolute Gasteiger partial charge is 0.497 e. The number of hydrogen-bond acceptors (Lipinski definition) is 7. The molecule has 4 rings (SSSR count). The van der Waals surface area contributed by atoms with Crippen molar-refractivity contribution in [2.24, 2.45) is 0 Å². The first-order valence-corrected chi connectivity index (χ1v) is 11.3. The van der Waals surface area contributed by atoms with Gasteiger partial charge in [0.15, 0.2) is 0 Å². The molecule has 1 N–H and O–H groups in total. The Kier molecular flexibility index (Phi) is 6.93. The van der Waals surface area contributed by atoms with Crippen LogP contribution < -0.4 is 15.0 Å². The van der Waals surface area contributed by atoms with Crippen LogP contribution in [0, 0.1) is 0 Å². The summed E-state index contributed by atoms with van der Waals surface area (Å²) in [4.78, 5) is 41.0. The first-order valence-electron chi connectivity index (χ1n) is 11.3. The average Bonchev–Trinajstić information content (AvgIpc) is 3.14. The van der Waals surface area contributed by atoms with Crippen molar-refractivity contribution < 1.29 is 23.9 Å². The van der Waals surface area contributed by atoms with E-state index in [1.807, 2.05) is 24.3 Å². The van der Waals surface area contributed by atoms with Crippen LogP contribution in [0.25, 0.3) is 0 Å². The Balaban J connectivity index is 1.34. The standard InChI is InChI=1S/C25H29N3O5/c1-3-33-25(31)17-4-8-20(9-5-17)28-23(29)16-22(24(28)30)27-14-12-19(13-15-27)26-18-6-10-21(32-2)11-7-18/h4-11,19,22,26H,3,12-16H2,1-2H3/t22-/m0/s1. The molecule has 33 heavy (non-hydrogen) atoms. The number of hydrogen-bond donors (Lipinski definition) is 1. The van der Waals surface area contributed by atoms with Crippen molar-refractivity contribution in [1.29, 1.82) is 0 Å². The second-order valence-corrected chi connectivity index (χ2v) is 8.24. The van der Waals surface area contributed by atoms with Gasteiger partial charge in [0, 0.05) is 24.8 Å². The number of imide groups is 1. The van der Waals surface area contributed by atoms with Gasteiger partial charge in [0.2, 0.25) is 5.91 Å². The SMILES string of the molecule is CCOC(=O)c1ccc(N2C(=O)C[C@H](N3CCC(Nc4ccc(OC)cc4)CC3)C2=O)cc1. The van der Waals surface area contributed by atoms with Gasteiger partial charge >= 0.3 is 5.97 Å². The quantitative estimate of drug-likeness (QED) is 0.511. The minimum atomic E-state index is -0.441. The van der Waals surface area contributed by atoms with Gasteiger partial charge in [0.05, 0.1) is 37.4 Å². The molecule has 0 radical (unpaired) electrons. The lowest BCUT2D eigenvalue weighted by atomic mass is 10.0. The fraction of sp³-hybridized carbons (Fsp3) is 0.400. The number of likely N-dealkylation sites (tertiary alicyclic amines) is 1. The van der Waals surface area contributed by atoms with E-state index in [4.69, 9.17) is 9.47 Å². The van der Waals surface area contributed by atoms with Gasteiger partial charge in [-0.25, -0.2) is 9.69 Å². The van der Waals surface area contributed by atoms with Crippen LogP contribution in [-0.2, 0) is 14.3 Å². The maximum absolute atomic E-state index is 13.1. The molecule has 0 unspecified atom stereocenters. The zero-order chi connectivity index (χ0) is 23.4. The summed E-state index contributed by atoms with van der Waals surface area (Å²) >= 11 is 0. The summed E-state index contributed by atoms with van der Waals surface area (Å²) in [5, 5.41) is 3.54. The number of nitrogens with zero attached hydrogens (tertiary/aromatic N) is 2. The Bertz CT molecular complexity index is 998. The molecule has 2 saturated heterocycles. The van der Waals surface area contributed by atoms with Crippen LogP contribution in [-0.4, -0.2) is 61.6 Å². The Morgan fingerprint density at radius 2 is 1.70 bits per heavy atom. The predicted octanol–water partition coefficient (Wildman–Crippen LogP) is 3.08. The lowest BCUT2D eigenvalue weighted by Crippen LogP contribution is -2.48. The third kappa shape index (κ3) is 5.01. The zero-order valence-corrected chi connectivity index (χ0v) is 19.0. The number of piperidine rings is 1. The first-order chi connectivity index (χ1) is 16.0. The predicted molar refractivity (Wildman–Crippen MR) is 125 cm³/mol. The molecule has 2 aliphatic heterocycles. The van der Waals surface area contributed by atoms with Gasteiger partial charge in [0.25, 0.3) is 5.91 Å². The number of rotatable bonds is 7. The summed E-state index contributed by atoms with van der Waals surface area (Å²) in [5.74, 6) is -0.0233. The molecule has 8 nitrogen and oxygen atoms in total. The number of carbonyl (C=O) groups is 3. The summed E-state index contributed by atoms with van der Waals surface area (Å²) < 4.78 is 10.2. The summed E-state index contributed by atoms with van der Waals surface area (Å²) in [6, 6.07) is 14.1. The Hall–Kier alpha value is -3.39. The number of methoxy groups -OCH3 is 1. The van der Waals surface area contributed by atoms with Crippen molar-refractivity contribution in [2.75, 3.05) is 37.0 Å². The van der Waals surface area contributed by atoms with Crippen molar-refractivity contribution in [3.8, 4) is 5.75 Å². The highest BCUT2D eigenvalue weighted by Crippen LogP contribution is 2.28. The maximum atomic E-state index is 13.1. The molecule has 2 heterocycles. The van der Waals surface area contributed by atoms with Crippen molar-refractivity contribution in [3.05, 3.63) is 54.1 Å². The highest BCUT2D eigenvalue weighted by molar-refractivity contribution is 6.22. The summed E-state index contributed by atoms with van der Waals surface area (Å²) in [7, 11) is 1.65. The fourth-order valence-corrected chi connectivity index (χ4v) is 4.41. The van der Waals surface area contributed by atoms with E-state index >= 15 is 0 Å². The van der Waals surface area contributed by atoms with E-state index < -0.39 is 12.0 Å². The van der Waals surface area contributed by atoms with E-state index in [2.05, 4.69) is 10.2 Å². The minimum absolute atomic E-state index is 0.176. The lowest BCUT2D eigenvalue weighted by Gasteiger charge is -2.35. The molecule has 0 aliphatic carbocycles. The smallest absolute Gasteiger partial charge is 0.338 e. The van der Waals surface area contributed by atoms with Crippen LogP contribution >= 0.6 is 0 Å². The minimum Gasteiger partial charge on any atom is -0.497 e. The van der Waals surface area contributed by atoms with Gasteiger partial charge < -0.3 is 14.8 Å². The van der Waals surface area contributed by atoms with Crippen molar-refractivity contribution >= 4 is 29.2 Å². The molecule has 2 aromatic rings. The van der Waals surface area contributed by atoms with Gasteiger partial charge in [-0.05, 0) is 68.3 Å². The van der Waals surface area contributed by atoms with E-state index in [9.17, 15) is 14.4 Å². The Morgan fingerprint density at radius 1 is 1.03 bits per heavy atom. The molecule has 174 valence electrons. The number of benzene rings is 2. The highest BCUT2D eigenvalue weighted by atomic mass is 16.5. The molecule has 1 atom stereocenters. The second-order valence-electron chi connectivity index (χ2n) is 8.24. The molecule has 0 saturated carbocycles. The molecular weight excluding hydrogens is 422 g/mol. The molecule has 2 aliphatic rings. The number of carbonyl (C=O) groups excluding carboxylic acids is 3. The third-order valence-corrected chi connectivity index (χ3v) is 6.19. The zero-order valence-electron chi connectivity index (χ0n) is 19.0. The average molecular weight is 452 g/mol. The van der Waals surface area contributed by atoms with Gasteiger partial charge in [-0.1, -0.05) is 0 Å². The Labute approximate surface area is 193 Å². The lowest BCUT2D eigenvalue weighted by molar-refractivity contribution is -0.123. The molecule has 0 spiro atoms. The molecule has 0 bridgehead atoms. The van der Waals surface area contributed by atoms with Crippen LogP contribution in [0.4, 0.5) is 11.4 Å². The van der Waals surface area contributed by atoms with Gasteiger partial charge in [-0.3, -0.25) is 14.5 Å². The maximum Gasteiger partial charge on any atom is 0.338 e. The number of esters is 1. The van der Waals surface area contributed by atoms with Gasteiger partial charge in [-0.15, -0.1) is 0 Å². The topological polar surface area (TPSA) is 88.2 Å². The monoisotopic (exact) mass is 451 g/mol. The molecule has 2 fully saturated rings. The van der Waals surface area contributed by atoms with Gasteiger partial charge in [0.1, 0.15) is 5.75 Å². The molecule has 0 aromatic heterocycles. The van der Waals surface area contributed by atoms with Crippen molar-refractivity contribution in [3.63, 3.8) is 0 Å². The Morgan fingerprint density at radius 3 is 2.30 bits per heavy atom. The van der Waals surface area contributed by atoms with Crippen molar-refractivity contribution in [2.45, 2.75) is 38.3 Å². The molecule has 2 aromatic carbocycles. The van der Waals surface area contributed by atoms with Crippen LogP contribution in [0.3, 0.4) is 0 Å². The summed E-state index contributed by atoms with van der Waals surface area (Å²) in [5.41, 5.74) is 1.91. The molecule has 2 amide bonds. The third-order valence-electron chi connectivity index (χ3n) is 6.19. The van der Waals surface area contributed by atoms with E-state index in [-0.39, 0.29) is 24.8 Å². The second kappa shape index (κ2) is 10.0. The number of amides is 2. The molecular formula is C25H29N3O5. The van der Waals surface area contributed by atoms with Crippen LogP contribution in [0.2, 0.25) is 0 Å². The van der Waals surface area contributed by atoms with Crippen LogP contribution in [0.5, 0.6) is 5.75 Å². The van der Waals surface area contributed by atoms with E-state index in [1.165, 1.54) is 4.90 Å². The van der Waals surface area contributed by atoms with Gasteiger partial charge in [-0.2, -0.15) is 0 Å². The van der Waals surface area contributed by atoms with E-state index in [0.29, 0.717) is 17.3 Å². The highest BCUT2D eigenvalue weighted by Gasteiger charge is 2.43. The van der Waals surface area contributed by atoms with E-state index in [1.54, 1.807) is 38.3 Å². The van der Waals surface area contributed by atoms with Crippen LogP contribution in [0.1, 0.15) is 36.5 Å². The number of anilines is 2. The molecule has 8 heteroatoms. The summed E-state index contributed by atoms with van der Waals surface area (Å²) in [6.07, 6.45) is 1.95. The van der Waals surface area contributed by atoms with Crippen LogP contribution in [0.15, 0.2) is 48.5 Å². The van der Waals surface area contributed by atoms with E-state index in [0.717, 1.165) is 37.4 Å².